The molecule has 162 valence electrons. The zero-order chi connectivity index (χ0) is 20.6. The summed E-state index contributed by atoms with van der Waals surface area (Å²) in [5.74, 6) is 0.0619. The molecule has 0 N–H and O–H groups in total. The van der Waals surface area contributed by atoms with E-state index in [1.807, 2.05) is 18.7 Å². The predicted octanol–water partition coefficient (Wildman–Crippen LogP) is 2.98. The van der Waals surface area contributed by atoms with E-state index in [1.165, 1.54) is 5.57 Å². The van der Waals surface area contributed by atoms with Crippen LogP contribution in [0.1, 0.15) is 52.4 Å². The number of rotatable bonds is 4. The van der Waals surface area contributed by atoms with E-state index in [1.54, 1.807) is 4.90 Å². The zero-order valence-corrected chi connectivity index (χ0v) is 17.7. The van der Waals surface area contributed by atoms with Gasteiger partial charge in [-0.2, -0.15) is 0 Å². The van der Waals surface area contributed by atoms with Gasteiger partial charge in [0.2, 0.25) is 5.91 Å². The minimum absolute atomic E-state index is 0.0414. The van der Waals surface area contributed by atoms with E-state index >= 15 is 0 Å². The van der Waals surface area contributed by atoms with Gasteiger partial charge >= 0.3 is 6.09 Å². The van der Waals surface area contributed by atoms with Gasteiger partial charge in [0.15, 0.2) is 0 Å². The fourth-order valence-corrected chi connectivity index (χ4v) is 5.79. The van der Waals surface area contributed by atoms with Gasteiger partial charge in [-0.25, -0.2) is 9.18 Å². The molecule has 0 bridgehead atoms. The zero-order valence-electron chi connectivity index (χ0n) is 17.7. The molecule has 6 nitrogen and oxygen atoms in total. The van der Waals surface area contributed by atoms with Gasteiger partial charge < -0.3 is 14.5 Å². The smallest absolute Gasteiger partial charge is 0.409 e. The Labute approximate surface area is 173 Å². The number of hydrogen-bond donors (Lipinski definition) is 0. The van der Waals surface area contributed by atoms with E-state index in [-0.39, 0.29) is 30.0 Å². The Hall–Kier alpha value is -1.63. The second-order valence-corrected chi connectivity index (χ2v) is 9.20. The first kappa shape index (κ1) is 20.6. The Morgan fingerprint density at radius 3 is 2.72 bits per heavy atom. The van der Waals surface area contributed by atoms with Gasteiger partial charge in [0, 0.05) is 45.1 Å². The van der Waals surface area contributed by atoms with Crippen molar-refractivity contribution in [1.82, 2.24) is 14.7 Å². The summed E-state index contributed by atoms with van der Waals surface area (Å²) >= 11 is 0. The van der Waals surface area contributed by atoms with Gasteiger partial charge in [-0.3, -0.25) is 9.69 Å². The van der Waals surface area contributed by atoms with Crippen molar-refractivity contribution in [1.29, 1.82) is 0 Å². The molecule has 2 saturated heterocycles. The topological polar surface area (TPSA) is 53.1 Å². The number of halogens is 1. The van der Waals surface area contributed by atoms with Crippen LogP contribution >= 0.6 is 0 Å². The highest BCUT2D eigenvalue weighted by Crippen LogP contribution is 2.50. The fraction of sp³-hybridized carbons (Fsp3) is 0.818. The Bertz CT molecular complexity index is 676. The molecule has 0 radical (unpaired) electrons. The largest absolute Gasteiger partial charge is 0.450 e. The number of carbonyl (C=O) groups excluding carboxylic acids is 2. The Morgan fingerprint density at radius 1 is 1.28 bits per heavy atom. The van der Waals surface area contributed by atoms with Gasteiger partial charge in [-0.05, 0) is 43.6 Å². The first-order chi connectivity index (χ1) is 13.9. The minimum atomic E-state index is -0.898. The normalized spacial score (nSPS) is 35.0. The second-order valence-electron chi connectivity index (χ2n) is 9.20. The first-order valence-electron chi connectivity index (χ1n) is 11.2. The standard InChI is InChI=1S/C22H34FN3O3/c1-3-20(27)26-14-17(23)11-19(26)16-5-8-24(9-6-16)18-12-22(13-18)7-10-25(15-22)21(28)29-4-2/h5,17-19H,3-4,6-15H2,1-2H3/t17?,18?,19-,22?/m0/s1. The molecule has 0 aromatic carbocycles. The molecule has 1 aliphatic carbocycles. The first-order valence-corrected chi connectivity index (χ1v) is 11.2. The summed E-state index contributed by atoms with van der Waals surface area (Å²) in [6, 6.07) is 0.529. The summed E-state index contributed by atoms with van der Waals surface area (Å²) in [7, 11) is 0. The summed E-state index contributed by atoms with van der Waals surface area (Å²) in [5.41, 5.74) is 1.52. The van der Waals surface area contributed by atoms with Gasteiger partial charge in [0.05, 0.1) is 19.2 Å². The van der Waals surface area contributed by atoms with E-state index in [9.17, 15) is 14.0 Å². The van der Waals surface area contributed by atoms with Gasteiger partial charge in [0.1, 0.15) is 6.17 Å². The van der Waals surface area contributed by atoms with Crippen molar-refractivity contribution in [2.24, 2.45) is 5.41 Å². The SMILES string of the molecule is CCOC(=O)N1CCC2(CC(N3CC=C([C@@H]4CC(F)CN4C(=O)CC)CC3)C2)C1. The third-order valence-corrected chi connectivity index (χ3v) is 7.39. The predicted molar refractivity (Wildman–Crippen MR) is 108 cm³/mol. The molecular formula is C22H34FN3O3. The quantitative estimate of drug-likeness (QED) is 0.673. The van der Waals surface area contributed by atoms with Crippen LogP contribution in [0.4, 0.5) is 9.18 Å². The minimum Gasteiger partial charge on any atom is -0.450 e. The highest BCUT2D eigenvalue weighted by Gasteiger charge is 2.51. The monoisotopic (exact) mass is 407 g/mol. The maximum absolute atomic E-state index is 14.0. The molecule has 7 heteroatoms. The van der Waals surface area contributed by atoms with Crippen molar-refractivity contribution < 1.29 is 18.7 Å². The van der Waals surface area contributed by atoms with Crippen molar-refractivity contribution >= 4 is 12.0 Å². The van der Waals surface area contributed by atoms with Crippen molar-refractivity contribution in [3.8, 4) is 0 Å². The third kappa shape index (κ3) is 4.03. The van der Waals surface area contributed by atoms with Crippen LogP contribution in [0.2, 0.25) is 0 Å². The number of nitrogens with zero attached hydrogens (tertiary/aromatic N) is 3. The molecule has 4 aliphatic rings. The average molecular weight is 408 g/mol. The Morgan fingerprint density at radius 2 is 2.07 bits per heavy atom. The summed E-state index contributed by atoms with van der Waals surface area (Å²) in [4.78, 5) is 30.3. The number of alkyl halides is 1. The van der Waals surface area contributed by atoms with Crippen LogP contribution in [-0.4, -0.2) is 84.3 Å². The molecule has 1 saturated carbocycles. The van der Waals surface area contributed by atoms with Crippen molar-refractivity contribution in [3.63, 3.8) is 0 Å². The van der Waals surface area contributed by atoms with Crippen LogP contribution in [0.25, 0.3) is 0 Å². The van der Waals surface area contributed by atoms with Crippen LogP contribution in [0, 0.1) is 5.41 Å². The fourth-order valence-electron chi connectivity index (χ4n) is 5.79. The maximum atomic E-state index is 14.0. The van der Waals surface area contributed by atoms with Crippen molar-refractivity contribution in [2.75, 3.05) is 39.3 Å². The summed E-state index contributed by atoms with van der Waals surface area (Å²) < 4.78 is 19.1. The lowest BCUT2D eigenvalue weighted by Gasteiger charge is -2.51. The van der Waals surface area contributed by atoms with Crippen LogP contribution in [0.3, 0.4) is 0 Å². The number of ether oxygens (including phenoxy) is 1. The summed E-state index contributed by atoms with van der Waals surface area (Å²) in [6.07, 6.45) is 6.34. The molecule has 4 rings (SSSR count). The maximum Gasteiger partial charge on any atom is 0.409 e. The summed E-state index contributed by atoms with van der Waals surface area (Å²) in [5, 5.41) is 0. The summed E-state index contributed by atoms with van der Waals surface area (Å²) in [6.45, 7) is 7.88. The van der Waals surface area contributed by atoms with E-state index in [0.717, 1.165) is 51.9 Å². The molecule has 0 aromatic heterocycles. The van der Waals surface area contributed by atoms with Gasteiger partial charge in [-0.15, -0.1) is 0 Å². The van der Waals surface area contributed by atoms with Crippen molar-refractivity contribution in [3.05, 3.63) is 11.6 Å². The van der Waals surface area contributed by atoms with E-state index < -0.39 is 6.17 Å². The second kappa shape index (κ2) is 8.25. The van der Waals surface area contributed by atoms with E-state index in [2.05, 4.69) is 11.0 Å². The third-order valence-electron chi connectivity index (χ3n) is 7.39. The molecule has 3 heterocycles. The highest BCUT2D eigenvalue weighted by molar-refractivity contribution is 5.77. The van der Waals surface area contributed by atoms with Crippen LogP contribution in [-0.2, 0) is 9.53 Å². The number of hydrogen-bond acceptors (Lipinski definition) is 4. The van der Waals surface area contributed by atoms with Gasteiger partial charge in [0.25, 0.3) is 0 Å². The number of carbonyl (C=O) groups is 2. The van der Waals surface area contributed by atoms with Crippen LogP contribution in [0.15, 0.2) is 11.6 Å². The van der Waals surface area contributed by atoms with Crippen LogP contribution < -0.4 is 0 Å². The molecule has 3 fully saturated rings. The molecule has 2 amide bonds. The molecule has 1 spiro atoms. The molecule has 2 atom stereocenters. The van der Waals surface area contributed by atoms with Crippen molar-refractivity contribution in [2.45, 2.75) is 70.6 Å². The highest BCUT2D eigenvalue weighted by atomic mass is 19.1. The Balaban J connectivity index is 1.29. The molecular weight excluding hydrogens is 373 g/mol. The molecule has 0 aromatic rings. The number of amides is 2. The number of likely N-dealkylation sites (tertiary alicyclic amines) is 2. The molecule has 1 unspecified atom stereocenters. The average Bonchev–Trinajstić information content (AvgIpc) is 3.31. The lowest BCUT2D eigenvalue weighted by atomic mass is 9.64. The lowest BCUT2D eigenvalue weighted by molar-refractivity contribution is -0.131. The molecule has 29 heavy (non-hydrogen) atoms. The van der Waals surface area contributed by atoms with E-state index in [4.69, 9.17) is 4.74 Å². The van der Waals surface area contributed by atoms with Gasteiger partial charge in [-0.1, -0.05) is 13.0 Å². The van der Waals surface area contributed by atoms with Crippen LogP contribution in [0.5, 0.6) is 0 Å². The Kier molecular flexibility index (Phi) is 5.87. The molecule has 3 aliphatic heterocycles. The lowest BCUT2D eigenvalue weighted by Crippen LogP contribution is -2.53. The van der Waals surface area contributed by atoms with E-state index in [0.29, 0.717) is 25.5 Å².